The third kappa shape index (κ3) is 6.00. The first-order valence-electron chi connectivity index (χ1n) is 5.72. The van der Waals surface area contributed by atoms with Gasteiger partial charge in [0, 0.05) is 17.3 Å². The summed E-state index contributed by atoms with van der Waals surface area (Å²) >= 11 is 5.76. The van der Waals surface area contributed by atoms with Gasteiger partial charge in [-0.2, -0.15) is 0 Å². The van der Waals surface area contributed by atoms with Crippen molar-refractivity contribution >= 4 is 23.2 Å². The first kappa shape index (κ1) is 15.0. The van der Waals surface area contributed by atoms with Crippen molar-refractivity contribution in [1.82, 2.24) is 4.90 Å². The minimum atomic E-state index is -0.810. The van der Waals surface area contributed by atoms with Crippen LogP contribution in [-0.4, -0.2) is 41.7 Å². The molecule has 0 fully saturated rings. The minimum absolute atomic E-state index is 0.121. The Labute approximate surface area is 113 Å². The zero-order valence-corrected chi connectivity index (χ0v) is 11.7. The normalized spacial score (nSPS) is 11.7. The van der Waals surface area contributed by atoms with Crippen molar-refractivity contribution in [1.29, 1.82) is 0 Å². The summed E-state index contributed by atoms with van der Waals surface area (Å²) in [6.45, 7) is 4.08. The molecule has 1 aromatic carbocycles. The number of nitrogens with one attached hydrogen (secondary N) is 1. The van der Waals surface area contributed by atoms with Crippen LogP contribution in [0.25, 0.3) is 0 Å². The molecule has 5 heteroatoms. The molecule has 0 heterocycles. The Balaban J connectivity index is 2.44. The van der Waals surface area contributed by atoms with Gasteiger partial charge in [0.25, 0.3) is 0 Å². The van der Waals surface area contributed by atoms with Crippen LogP contribution in [0, 0.1) is 0 Å². The molecule has 4 nitrogen and oxygen atoms in total. The lowest BCUT2D eigenvalue weighted by molar-refractivity contribution is -0.117. The number of rotatable bonds is 5. The van der Waals surface area contributed by atoms with Gasteiger partial charge in [0.2, 0.25) is 5.91 Å². The van der Waals surface area contributed by atoms with E-state index in [-0.39, 0.29) is 12.5 Å². The van der Waals surface area contributed by atoms with Crippen LogP contribution < -0.4 is 5.32 Å². The van der Waals surface area contributed by atoms with E-state index in [9.17, 15) is 9.90 Å². The van der Waals surface area contributed by atoms with Crippen LogP contribution in [0.2, 0.25) is 5.02 Å². The van der Waals surface area contributed by atoms with Crippen LogP contribution in [0.5, 0.6) is 0 Å². The van der Waals surface area contributed by atoms with Gasteiger partial charge in [0.05, 0.1) is 12.1 Å². The number of anilines is 1. The van der Waals surface area contributed by atoms with Gasteiger partial charge in [-0.05, 0) is 45.2 Å². The molecule has 0 aliphatic carbocycles. The Morgan fingerprint density at radius 2 is 1.94 bits per heavy atom. The highest BCUT2D eigenvalue weighted by atomic mass is 35.5. The van der Waals surface area contributed by atoms with Crippen molar-refractivity contribution in [3.05, 3.63) is 29.3 Å². The van der Waals surface area contributed by atoms with E-state index >= 15 is 0 Å². The topological polar surface area (TPSA) is 52.6 Å². The number of nitrogens with zero attached hydrogens (tertiary/aromatic N) is 1. The molecule has 18 heavy (non-hydrogen) atoms. The van der Waals surface area contributed by atoms with Crippen molar-refractivity contribution in [3.8, 4) is 0 Å². The Morgan fingerprint density at radius 3 is 2.44 bits per heavy atom. The maximum Gasteiger partial charge on any atom is 0.238 e. The quantitative estimate of drug-likeness (QED) is 0.860. The average Bonchev–Trinajstić information content (AvgIpc) is 2.18. The highest BCUT2D eigenvalue weighted by molar-refractivity contribution is 6.30. The fraction of sp³-hybridized carbons (Fsp3) is 0.462. The third-order valence-corrected chi connectivity index (χ3v) is 2.45. The van der Waals surface area contributed by atoms with Crippen molar-refractivity contribution in [2.24, 2.45) is 0 Å². The number of hydrogen-bond donors (Lipinski definition) is 2. The Bertz CT molecular complexity index is 398. The van der Waals surface area contributed by atoms with Crippen molar-refractivity contribution in [2.45, 2.75) is 19.4 Å². The highest BCUT2D eigenvalue weighted by Crippen LogP contribution is 2.13. The van der Waals surface area contributed by atoms with Crippen molar-refractivity contribution in [2.75, 3.05) is 25.5 Å². The van der Waals surface area contributed by atoms with E-state index in [4.69, 9.17) is 11.6 Å². The molecule has 1 rings (SSSR count). The molecule has 0 aromatic heterocycles. The summed E-state index contributed by atoms with van der Waals surface area (Å²) in [6, 6.07) is 6.93. The van der Waals surface area contributed by atoms with Gasteiger partial charge in [-0.15, -0.1) is 0 Å². The molecule has 100 valence electrons. The molecule has 0 saturated carbocycles. The fourth-order valence-corrected chi connectivity index (χ4v) is 1.82. The molecule has 1 amide bonds. The lowest BCUT2D eigenvalue weighted by Gasteiger charge is -2.24. The van der Waals surface area contributed by atoms with E-state index < -0.39 is 5.60 Å². The smallest absolute Gasteiger partial charge is 0.238 e. The fourth-order valence-electron chi connectivity index (χ4n) is 1.70. The zero-order chi connectivity index (χ0) is 13.8. The molecule has 0 radical (unpaired) electrons. The van der Waals surface area contributed by atoms with E-state index in [1.54, 1.807) is 50.1 Å². The molecule has 0 saturated heterocycles. The standard InChI is InChI=1S/C13H19ClN2O2/c1-13(2,18)9-16(3)8-12(17)15-11-6-4-10(14)5-7-11/h4-7,18H,8-9H2,1-3H3,(H,15,17). The van der Waals surface area contributed by atoms with E-state index in [1.165, 1.54) is 0 Å². The summed E-state index contributed by atoms with van der Waals surface area (Å²) in [5.74, 6) is -0.121. The van der Waals surface area contributed by atoms with Gasteiger partial charge in [-0.3, -0.25) is 9.69 Å². The van der Waals surface area contributed by atoms with Gasteiger partial charge in [-0.25, -0.2) is 0 Å². The summed E-state index contributed by atoms with van der Waals surface area (Å²) in [6.07, 6.45) is 0. The number of benzene rings is 1. The molecule has 0 aliphatic rings. The maximum absolute atomic E-state index is 11.7. The monoisotopic (exact) mass is 270 g/mol. The second-order valence-corrected chi connectivity index (χ2v) is 5.48. The number of hydrogen-bond acceptors (Lipinski definition) is 3. The van der Waals surface area contributed by atoms with Crippen LogP contribution in [-0.2, 0) is 4.79 Å². The second kappa shape index (κ2) is 6.18. The van der Waals surface area contributed by atoms with Gasteiger partial charge in [0.1, 0.15) is 0 Å². The first-order valence-corrected chi connectivity index (χ1v) is 6.10. The van der Waals surface area contributed by atoms with E-state index in [1.807, 2.05) is 0 Å². The summed E-state index contributed by atoms with van der Waals surface area (Å²) in [5, 5.41) is 13.0. The van der Waals surface area contributed by atoms with E-state index in [0.29, 0.717) is 17.3 Å². The lowest BCUT2D eigenvalue weighted by atomic mass is 10.1. The highest BCUT2D eigenvalue weighted by Gasteiger charge is 2.17. The van der Waals surface area contributed by atoms with Crippen LogP contribution >= 0.6 is 11.6 Å². The van der Waals surface area contributed by atoms with Crippen LogP contribution in [0.15, 0.2) is 24.3 Å². The molecule has 1 aromatic rings. The lowest BCUT2D eigenvalue weighted by Crippen LogP contribution is -2.40. The number of carbonyl (C=O) groups excluding carboxylic acids is 1. The third-order valence-electron chi connectivity index (χ3n) is 2.20. The SMILES string of the molecule is CN(CC(=O)Nc1ccc(Cl)cc1)CC(C)(C)O. The van der Waals surface area contributed by atoms with Gasteiger partial charge < -0.3 is 10.4 Å². The minimum Gasteiger partial charge on any atom is -0.389 e. The maximum atomic E-state index is 11.7. The predicted octanol–water partition coefficient (Wildman–Crippen LogP) is 1.98. The Hall–Kier alpha value is -1.10. The van der Waals surface area contributed by atoms with Crippen molar-refractivity contribution < 1.29 is 9.90 Å². The summed E-state index contributed by atoms with van der Waals surface area (Å²) in [4.78, 5) is 13.5. The molecular formula is C13H19ClN2O2. The first-order chi connectivity index (χ1) is 8.26. The molecule has 0 bridgehead atoms. The second-order valence-electron chi connectivity index (χ2n) is 5.04. The number of halogens is 1. The Morgan fingerprint density at radius 1 is 1.39 bits per heavy atom. The van der Waals surface area contributed by atoms with Gasteiger partial charge in [-0.1, -0.05) is 11.6 Å². The molecule has 0 spiro atoms. The summed E-state index contributed by atoms with van der Waals surface area (Å²) in [7, 11) is 1.79. The average molecular weight is 271 g/mol. The number of amides is 1. The largest absolute Gasteiger partial charge is 0.389 e. The summed E-state index contributed by atoms with van der Waals surface area (Å²) in [5.41, 5.74) is -0.101. The molecule has 0 unspecified atom stereocenters. The molecule has 0 atom stereocenters. The van der Waals surface area contributed by atoms with Crippen LogP contribution in [0.4, 0.5) is 5.69 Å². The van der Waals surface area contributed by atoms with E-state index in [2.05, 4.69) is 5.32 Å². The van der Waals surface area contributed by atoms with Gasteiger partial charge >= 0.3 is 0 Å². The number of likely N-dealkylation sites (N-methyl/N-ethyl adjacent to an activating group) is 1. The number of carbonyl (C=O) groups is 1. The zero-order valence-electron chi connectivity index (χ0n) is 10.9. The Kier molecular flexibility index (Phi) is 5.14. The van der Waals surface area contributed by atoms with Gasteiger partial charge in [0.15, 0.2) is 0 Å². The van der Waals surface area contributed by atoms with Crippen LogP contribution in [0.1, 0.15) is 13.8 Å². The molecule has 2 N–H and O–H groups in total. The molecule has 0 aliphatic heterocycles. The molecular weight excluding hydrogens is 252 g/mol. The summed E-state index contributed by atoms with van der Waals surface area (Å²) < 4.78 is 0. The van der Waals surface area contributed by atoms with E-state index in [0.717, 1.165) is 0 Å². The predicted molar refractivity (Wildman–Crippen MR) is 73.9 cm³/mol. The van der Waals surface area contributed by atoms with Crippen LogP contribution in [0.3, 0.4) is 0 Å². The van der Waals surface area contributed by atoms with Crippen molar-refractivity contribution in [3.63, 3.8) is 0 Å². The number of aliphatic hydroxyl groups is 1.